The highest BCUT2D eigenvalue weighted by Crippen LogP contribution is 2.47. The summed E-state index contributed by atoms with van der Waals surface area (Å²) >= 11 is 0. The summed E-state index contributed by atoms with van der Waals surface area (Å²) in [4.78, 5) is 0. The third kappa shape index (κ3) is 4.84. The summed E-state index contributed by atoms with van der Waals surface area (Å²) in [7, 11) is -3.41. The van der Waals surface area contributed by atoms with Crippen molar-refractivity contribution in [3.05, 3.63) is 41.3 Å². The van der Waals surface area contributed by atoms with Gasteiger partial charge >= 0.3 is 0 Å². The van der Waals surface area contributed by atoms with Gasteiger partial charge in [0.15, 0.2) is 0 Å². The van der Waals surface area contributed by atoms with Crippen LogP contribution in [0.3, 0.4) is 0 Å². The van der Waals surface area contributed by atoms with Crippen molar-refractivity contribution in [2.45, 2.75) is 57.4 Å². The second-order valence-corrected chi connectivity index (χ2v) is 8.59. The second-order valence-electron chi connectivity index (χ2n) is 7.03. The van der Waals surface area contributed by atoms with Gasteiger partial charge in [-0.1, -0.05) is 38.0 Å². The quantitative estimate of drug-likeness (QED) is 0.647. The van der Waals surface area contributed by atoms with Crippen LogP contribution in [0.5, 0.6) is 5.75 Å². The summed E-state index contributed by atoms with van der Waals surface area (Å²) in [6.45, 7) is 2.86. The number of allylic oxidation sites excluding steroid dienone is 1. The molecule has 0 bridgehead atoms. The lowest BCUT2D eigenvalue weighted by atomic mass is 10.1. The molecule has 1 N–H and O–H groups in total. The average molecular weight is 349 g/mol. The highest BCUT2D eigenvalue weighted by molar-refractivity contribution is 7.92. The van der Waals surface area contributed by atoms with Crippen molar-refractivity contribution in [2.24, 2.45) is 5.92 Å². The summed E-state index contributed by atoms with van der Waals surface area (Å²) < 4.78 is 33.3. The molecule has 0 spiro atoms. The number of rotatable bonds is 10. The highest BCUT2D eigenvalue weighted by Gasteiger charge is 2.47. The van der Waals surface area contributed by atoms with E-state index >= 15 is 0 Å². The van der Waals surface area contributed by atoms with Crippen LogP contribution in [0, 0.1) is 5.92 Å². The zero-order chi connectivity index (χ0) is 17.0. The van der Waals surface area contributed by atoms with Crippen LogP contribution in [0.15, 0.2) is 35.7 Å². The zero-order valence-electron chi connectivity index (χ0n) is 14.3. The van der Waals surface area contributed by atoms with Crippen LogP contribution in [0.2, 0.25) is 0 Å². The van der Waals surface area contributed by atoms with Crippen molar-refractivity contribution in [3.63, 3.8) is 0 Å². The number of sulfonamides is 1. The molecule has 5 heteroatoms. The molecule has 0 heterocycles. The first-order valence-corrected chi connectivity index (χ1v) is 10.5. The third-order valence-electron chi connectivity index (χ3n) is 4.66. The number of ether oxygens (including phenoxy) is 1. The molecule has 0 aliphatic heterocycles. The van der Waals surface area contributed by atoms with Gasteiger partial charge in [-0.3, -0.25) is 0 Å². The number of hydrogen-bond donors (Lipinski definition) is 1. The number of unbranched alkanes of at least 4 members (excludes halogenated alkanes) is 2. The summed E-state index contributed by atoms with van der Waals surface area (Å²) in [6.07, 6.45) is 8.81. The maximum atomic E-state index is 12.3. The molecule has 3 rings (SSSR count). The molecule has 0 radical (unpaired) electrons. The van der Waals surface area contributed by atoms with E-state index < -0.39 is 15.6 Å². The molecule has 2 saturated carbocycles. The van der Waals surface area contributed by atoms with E-state index in [0.29, 0.717) is 5.92 Å². The fourth-order valence-corrected chi connectivity index (χ4v) is 4.10. The van der Waals surface area contributed by atoms with Crippen molar-refractivity contribution in [1.82, 2.24) is 4.72 Å². The maximum Gasteiger partial charge on any atom is 0.234 e. The van der Waals surface area contributed by atoms with Gasteiger partial charge in [0.25, 0.3) is 0 Å². The summed E-state index contributed by atoms with van der Waals surface area (Å²) in [6, 6.07) is 7.86. The lowest BCUT2D eigenvalue weighted by Gasteiger charge is -2.18. The predicted molar refractivity (Wildman–Crippen MR) is 96.3 cm³/mol. The molecular weight excluding hydrogens is 322 g/mol. The van der Waals surface area contributed by atoms with E-state index in [1.54, 1.807) is 6.08 Å². The minimum Gasteiger partial charge on any atom is -0.493 e. The van der Waals surface area contributed by atoms with Crippen molar-refractivity contribution in [3.8, 4) is 5.75 Å². The Morgan fingerprint density at radius 1 is 1.33 bits per heavy atom. The van der Waals surface area contributed by atoms with E-state index in [1.165, 1.54) is 18.2 Å². The normalized spacial score (nSPS) is 19.5. The zero-order valence-corrected chi connectivity index (χ0v) is 15.1. The van der Waals surface area contributed by atoms with E-state index in [0.717, 1.165) is 50.0 Å². The predicted octanol–water partition coefficient (Wildman–Crippen LogP) is 4.09. The average Bonchev–Trinajstić information content (AvgIpc) is 3.46. The van der Waals surface area contributed by atoms with Gasteiger partial charge in [0.05, 0.1) is 12.1 Å². The Hall–Kier alpha value is -1.33. The fraction of sp³-hybridized carbons (Fsp3) is 0.579. The summed E-state index contributed by atoms with van der Waals surface area (Å²) in [5, 5.41) is 1.32. The van der Waals surface area contributed by atoms with Gasteiger partial charge in [-0.25, -0.2) is 13.1 Å². The Morgan fingerprint density at radius 2 is 2.12 bits per heavy atom. The van der Waals surface area contributed by atoms with Gasteiger partial charge in [-0.15, -0.1) is 0 Å². The molecule has 2 aliphatic rings. The van der Waals surface area contributed by atoms with Gasteiger partial charge in [-0.05, 0) is 55.7 Å². The van der Waals surface area contributed by atoms with Gasteiger partial charge < -0.3 is 4.74 Å². The van der Waals surface area contributed by atoms with Crippen LogP contribution < -0.4 is 9.46 Å². The SMILES string of the molecule is CCCC/C=C/S(=O)(=O)NC1(c2cccc(OCC3CC3)c2)CC1. The molecule has 0 unspecified atom stereocenters. The standard InChI is InChI=1S/C19H27NO3S/c1-2-3-4-5-13-24(21,22)20-19(11-12-19)17-7-6-8-18(14-17)23-15-16-9-10-16/h5-8,13-14,16,20H,2-4,9-12,15H2,1H3/b13-5+. The minimum atomic E-state index is -3.41. The summed E-state index contributed by atoms with van der Waals surface area (Å²) in [5.41, 5.74) is 0.550. The van der Waals surface area contributed by atoms with Gasteiger partial charge in [0, 0.05) is 5.41 Å². The molecular formula is C19H27NO3S. The van der Waals surface area contributed by atoms with E-state index in [9.17, 15) is 8.42 Å². The Kier molecular flexibility index (Phi) is 5.30. The van der Waals surface area contributed by atoms with Crippen LogP contribution in [-0.2, 0) is 15.6 Å². The van der Waals surface area contributed by atoms with Crippen molar-refractivity contribution >= 4 is 10.0 Å². The number of benzene rings is 1. The first kappa shape index (κ1) is 17.5. The van der Waals surface area contributed by atoms with Crippen LogP contribution in [-0.4, -0.2) is 15.0 Å². The maximum absolute atomic E-state index is 12.3. The Bertz CT molecular complexity index is 688. The largest absolute Gasteiger partial charge is 0.493 e. The molecule has 1 aromatic carbocycles. The molecule has 0 atom stereocenters. The number of nitrogens with one attached hydrogen (secondary N) is 1. The topological polar surface area (TPSA) is 55.4 Å². The molecule has 2 fully saturated rings. The molecule has 0 amide bonds. The van der Waals surface area contributed by atoms with E-state index in [-0.39, 0.29) is 0 Å². The smallest absolute Gasteiger partial charge is 0.234 e. The van der Waals surface area contributed by atoms with Gasteiger partial charge in [0.1, 0.15) is 5.75 Å². The van der Waals surface area contributed by atoms with Crippen molar-refractivity contribution in [2.75, 3.05) is 6.61 Å². The van der Waals surface area contributed by atoms with E-state index in [4.69, 9.17) is 4.74 Å². The molecule has 4 nitrogen and oxygen atoms in total. The van der Waals surface area contributed by atoms with Crippen LogP contribution >= 0.6 is 0 Å². The molecule has 132 valence electrons. The van der Waals surface area contributed by atoms with Gasteiger partial charge in [-0.2, -0.15) is 0 Å². The first-order chi connectivity index (χ1) is 11.5. The number of hydrogen-bond acceptors (Lipinski definition) is 3. The molecule has 2 aliphatic carbocycles. The van der Waals surface area contributed by atoms with Crippen LogP contribution in [0.25, 0.3) is 0 Å². The molecule has 0 saturated heterocycles. The first-order valence-electron chi connectivity index (χ1n) is 8.97. The lowest BCUT2D eigenvalue weighted by Crippen LogP contribution is -2.33. The van der Waals surface area contributed by atoms with Gasteiger partial charge in [0.2, 0.25) is 10.0 Å². The molecule has 0 aromatic heterocycles. The van der Waals surface area contributed by atoms with E-state index in [1.807, 2.05) is 24.3 Å². The Balaban J connectivity index is 1.64. The lowest BCUT2D eigenvalue weighted by molar-refractivity contribution is 0.299. The highest BCUT2D eigenvalue weighted by atomic mass is 32.2. The van der Waals surface area contributed by atoms with E-state index in [2.05, 4.69) is 11.6 Å². The monoisotopic (exact) mass is 349 g/mol. The Morgan fingerprint density at radius 3 is 2.79 bits per heavy atom. The molecule has 1 aromatic rings. The Labute approximate surface area is 145 Å². The molecule has 24 heavy (non-hydrogen) atoms. The van der Waals surface area contributed by atoms with Crippen molar-refractivity contribution in [1.29, 1.82) is 0 Å². The minimum absolute atomic E-state index is 0.452. The van der Waals surface area contributed by atoms with Crippen LogP contribution in [0.1, 0.15) is 57.4 Å². The fourth-order valence-electron chi connectivity index (χ4n) is 2.78. The second kappa shape index (κ2) is 7.28. The third-order valence-corrected chi connectivity index (χ3v) is 5.88. The van der Waals surface area contributed by atoms with Crippen LogP contribution in [0.4, 0.5) is 0 Å². The van der Waals surface area contributed by atoms with Crippen molar-refractivity contribution < 1.29 is 13.2 Å². The summed E-state index contributed by atoms with van der Waals surface area (Å²) in [5.74, 6) is 1.54.